The van der Waals surface area contributed by atoms with Gasteiger partial charge in [-0.25, -0.2) is 4.79 Å². The van der Waals surface area contributed by atoms with Gasteiger partial charge in [-0.1, -0.05) is 18.2 Å². The van der Waals surface area contributed by atoms with Gasteiger partial charge in [0.25, 0.3) is 0 Å². The zero-order valence-corrected chi connectivity index (χ0v) is 16.8. The fraction of sp³-hybridized carbons (Fsp3) is 0.364. The van der Waals surface area contributed by atoms with Gasteiger partial charge in [-0.15, -0.1) is 0 Å². The van der Waals surface area contributed by atoms with Crippen molar-refractivity contribution >= 4 is 11.8 Å². The number of carbonyl (C=O) groups excluding carboxylic acids is 2. The molecule has 0 saturated carbocycles. The predicted octanol–water partition coefficient (Wildman–Crippen LogP) is 3.83. The Morgan fingerprint density at radius 1 is 0.929 bits per heavy atom. The van der Waals surface area contributed by atoms with E-state index < -0.39 is 11.6 Å². The van der Waals surface area contributed by atoms with Crippen molar-refractivity contribution in [1.82, 2.24) is 0 Å². The maximum absolute atomic E-state index is 12.2. The summed E-state index contributed by atoms with van der Waals surface area (Å²) in [6, 6.07) is 9.33. The fourth-order valence-corrected chi connectivity index (χ4v) is 3.39. The van der Waals surface area contributed by atoms with Crippen molar-refractivity contribution in [3.63, 3.8) is 0 Å². The Morgan fingerprint density at radius 3 is 2.29 bits per heavy atom. The summed E-state index contributed by atoms with van der Waals surface area (Å²) in [6.45, 7) is 3.26. The molecule has 0 radical (unpaired) electrons. The quantitative estimate of drug-likeness (QED) is 0.705. The topological polar surface area (TPSA) is 71.1 Å². The number of benzene rings is 2. The summed E-state index contributed by atoms with van der Waals surface area (Å²) in [6.07, 6.45) is 1.25. The van der Waals surface area contributed by atoms with Crippen LogP contribution in [0.25, 0.3) is 11.1 Å². The van der Waals surface area contributed by atoms with Crippen LogP contribution in [0.3, 0.4) is 0 Å². The van der Waals surface area contributed by atoms with Crippen molar-refractivity contribution in [2.75, 3.05) is 21.3 Å². The van der Waals surface area contributed by atoms with Crippen LogP contribution >= 0.6 is 0 Å². The zero-order valence-electron chi connectivity index (χ0n) is 16.8. The first kappa shape index (κ1) is 19.7. The molecule has 0 atom stereocenters. The van der Waals surface area contributed by atoms with Crippen LogP contribution < -0.4 is 14.2 Å². The van der Waals surface area contributed by atoms with Crippen LogP contribution in [-0.2, 0) is 16.0 Å². The number of hydrogen-bond donors (Lipinski definition) is 0. The lowest BCUT2D eigenvalue weighted by molar-refractivity contribution is -0.156. The lowest BCUT2D eigenvalue weighted by atomic mass is 9.98. The van der Waals surface area contributed by atoms with Gasteiger partial charge in [0.05, 0.1) is 21.3 Å². The van der Waals surface area contributed by atoms with Crippen molar-refractivity contribution in [3.05, 3.63) is 41.5 Å². The van der Waals surface area contributed by atoms with E-state index in [4.69, 9.17) is 18.9 Å². The molecule has 2 aromatic carbocycles. The standard InChI is InChI=1S/C22H24O6/c1-22(2,21(24)27-5)28-19-16(9-11-18(25-3)20(19)26-4)14-6-8-15-13(12-14)7-10-17(15)23/h6,8-9,11-12H,7,10H2,1-5H3. The Labute approximate surface area is 164 Å². The monoisotopic (exact) mass is 384 g/mol. The maximum atomic E-state index is 12.2. The van der Waals surface area contributed by atoms with Crippen LogP contribution in [0.4, 0.5) is 0 Å². The summed E-state index contributed by atoms with van der Waals surface area (Å²) in [4.78, 5) is 24.1. The van der Waals surface area contributed by atoms with E-state index >= 15 is 0 Å². The normalized spacial score (nSPS) is 13.1. The highest BCUT2D eigenvalue weighted by Crippen LogP contribution is 2.46. The van der Waals surface area contributed by atoms with Crippen molar-refractivity contribution in [2.45, 2.75) is 32.3 Å². The minimum absolute atomic E-state index is 0.164. The van der Waals surface area contributed by atoms with Gasteiger partial charge in [-0.3, -0.25) is 4.79 Å². The molecule has 28 heavy (non-hydrogen) atoms. The Bertz CT molecular complexity index is 929. The van der Waals surface area contributed by atoms with Gasteiger partial charge in [0.15, 0.2) is 22.9 Å². The van der Waals surface area contributed by atoms with Crippen molar-refractivity contribution in [3.8, 4) is 28.4 Å². The third kappa shape index (κ3) is 3.42. The van der Waals surface area contributed by atoms with Crippen LogP contribution in [0.1, 0.15) is 36.2 Å². The molecule has 2 aromatic rings. The molecule has 148 valence electrons. The maximum Gasteiger partial charge on any atom is 0.349 e. The number of aryl methyl sites for hydroxylation is 1. The molecule has 1 aliphatic carbocycles. The Morgan fingerprint density at radius 2 is 1.64 bits per heavy atom. The highest BCUT2D eigenvalue weighted by Gasteiger charge is 2.34. The number of ketones is 1. The SMILES string of the molecule is COC(=O)C(C)(C)Oc1c(-c2ccc3c(c2)CCC3=O)ccc(OC)c1OC. The van der Waals surface area contributed by atoms with Gasteiger partial charge in [0, 0.05) is 17.5 Å². The van der Waals surface area contributed by atoms with Crippen LogP contribution in [0.2, 0.25) is 0 Å². The average Bonchev–Trinajstić information content (AvgIpc) is 3.06. The van der Waals surface area contributed by atoms with Gasteiger partial charge in [-0.05, 0) is 43.5 Å². The van der Waals surface area contributed by atoms with Crippen molar-refractivity contribution in [1.29, 1.82) is 0 Å². The van der Waals surface area contributed by atoms with E-state index in [9.17, 15) is 9.59 Å². The van der Waals surface area contributed by atoms with Crippen LogP contribution in [-0.4, -0.2) is 38.7 Å². The van der Waals surface area contributed by atoms with Crippen LogP contribution in [0, 0.1) is 0 Å². The molecule has 0 unspecified atom stereocenters. The molecule has 1 aliphatic rings. The van der Waals surface area contributed by atoms with Crippen molar-refractivity contribution in [2.24, 2.45) is 0 Å². The highest BCUT2D eigenvalue weighted by molar-refractivity contribution is 6.01. The van der Waals surface area contributed by atoms with Crippen LogP contribution in [0.15, 0.2) is 30.3 Å². The van der Waals surface area contributed by atoms with Gasteiger partial charge >= 0.3 is 5.97 Å². The van der Waals surface area contributed by atoms with Gasteiger partial charge in [0.1, 0.15) is 0 Å². The lowest BCUT2D eigenvalue weighted by Gasteiger charge is -2.27. The van der Waals surface area contributed by atoms with Gasteiger partial charge in [0.2, 0.25) is 5.75 Å². The van der Waals surface area contributed by atoms with E-state index in [2.05, 4.69) is 0 Å². The first-order chi connectivity index (χ1) is 13.3. The van der Waals surface area contributed by atoms with Crippen LogP contribution in [0.5, 0.6) is 17.2 Å². The molecule has 0 saturated heterocycles. The second kappa shape index (κ2) is 7.54. The molecule has 0 spiro atoms. The summed E-state index contributed by atoms with van der Waals surface area (Å²) >= 11 is 0. The first-order valence-electron chi connectivity index (χ1n) is 9.01. The van der Waals surface area contributed by atoms with Crippen molar-refractivity contribution < 1.29 is 28.5 Å². The van der Waals surface area contributed by atoms with E-state index in [1.165, 1.54) is 21.3 Å². The number of methoxy groups -OCH3 is 3. The van der Waals surface area contributed by atoms with Gasteiger partial charge in [-0.2, -0.15) is 0 Å². The largest absolute Gasteiger partial charge is 0.493 e. The summed E-state index contributed by atoms with van der Waals surface area (Å²) in [5.74, 6) is 0.897. The predicted molar refractivity (Wildman–Crippen MR) is 104 cm³/mol. The third-order valence-electron chi connectivity index (χ3n) is 4.87. The van der Waals surface area contributed by atoms with Gasteiger partial charge < -0.3 is 18.9 Å². The number of fused-ring (bicyclic) bond motifs is 1. The molecule has 6 nitrogen and oxygen atoms in total. The lowest BCUT2D eigenvalue weighted by Crippen LogP contribution is -2.39. The summed E-state index contributed by atoms with van der Waals surface area (Å²) in [5, 5.41) is 0. The molecule has 0 heterocycles. The molecular weight excluding hydrogens is 360 g/mol. The van der Waals surface area contributed by atoms with E-state index in [-0.39, 0.29) is 5.78 Å². The number of Topliss-reactive ketones (excluding diaryl/α,β-unsaturated/α-hetero) is 1. The zero-order chi connectivity index (χ0) is 20.5. The first-order valence-corrected chi connectivity index (χ1v) is 9.01. The molecule has 0 aromatic heterocycles. The minimum atomic E-state index is -1.24. The fourth-order valence-electron chi connectivity index (χ4n) is 3.39. The number of rotatable bonds is 6. The van der Waals surface area contributed by atoms with E-state index in [0.29, 0.717) is 23.7 Å². The molecule has 0 N–H and O–H groups in total. The summed E-state index contributed by atoms with van der Waals surface area (Å²) < 4.78 is 21.9. The number of hydrogen-bond acceptors (Lipinski definition) is 6. The molecule has 0 aliphatic heterocycles. The van der Waals surface area contributed by atoms with E-state index in [1.54, 1.807) is 19.9 Å². The second-order valence-electron chi connectivity index (χ2n) is 7.08. The molecular formula is C22H24O6. The number of carbonyl (C=O) groups is 2. The molecule has 0 bridgehead atoms. The molecule has 0 amide bonds. The highest BCUT2D eigenvalue weighted by atomic mass is 16.6. The Balaban J connectivity index is 2.16. The second-order valence-corrected chi connectivity index (χ2v) is 7.08. The summed E-state index contributed by atoms with van der Waals surface area (Å²) in [5.41, 5.74) is 2.13. The Hall–Kier alpha value is -3.02. The smallest absolute Gasteiger partial charge is 0.349 e. The minimum Gasteiger partial charge on any atom is -0.493 e. The number of esters is 1. The molecule has 0 fully saturated rings. The average molecular weight is 384 g/mol. The number of ether oxygens (including phenoxy) is 4. The Kier molecular flexibility index (Phi) is 5.31. The third-order valence-corrected chi connectivity index (χ3v) is 4.87. The molecule has 6 heteroatoms. The van der Waals surface area contributed by atoms with E-state index in [0.717, 1.165) is 28.7 Å². The molecule has 3 rings (SSSR count). The van der Waals surface area contributed by atoms with E-state index in [1.807, 2.05) is 24.3 Å². The summed E-state index contributed by atoms with van der Waals surface area (Å²) in [7, 11) is 4.36.